The number of aromatic nitrogens is 1. The van der Waals surface area contributed by atoms with Crippen LogP contribution in [0.4, 0.5) is 0 Å². The van der Waals surface area contributed by atoms with Gasteiger partial charge in [0.2, 0.25) is 0 Å². The number of carbonyl (C=O) groups is 2. The fourth-order valence-electron chi connectivity index (χ4n) is 1.40. The van der Waals surface area contributed by atoms with Crippen molar-refractivity contribution in [3.05, 3.63) is 15.6 Å². The molecule has 5 nitrogen and oxygen atoms in total. The lowest BCUT2D eigenvalue weighted by Gasteiger charge is -2.36. The zero-order valence-electron chi connectivity index (χ0n) is 11.1. The number of aliphatic carboxylic acids is 1. The molecule has 1 aromatic rings. The third-order valence-corrected chi connectivity index (χ3v) is 5.09. The zero-order valence-corrected chi connectivity index (χ0v) is 11.9. The highest BCUT2D eigenvalue weighted by Crippen LogP contribution is 2.43. The van der Waals surface area contributed by atoms with Crippen LogP contribution in [-0.2, 0) is 10.2 Å². The Labute approximate surface area is 109 Å². The van der Waals surface area contributed by atoms with E-state index in [0.29, 0.717) is 10.7 Å². The molecule has 0 unspecified atom stereocenters. The number of thiazole rings is 1. The molecule has 100 valence electrons. The monoisotopic (exact) mass is 271 g/mol. The average Bonchev–Trinajstić information content (AvgIpc) is 2.60. The molecule has 0 aromatic carbocycles. The summed E-state index contributed by atoms with van der Waals surface area (Å²) in [6.45, 7) is 8.39. The second-order valence-corrected chi connectivity index (χ2v) is 6.29. The lowest BCUT2D eigenvalue weighted by molar-refractivity contribution is -0.150. The standard InChI is InChI=1S/C12H17NO4S/c1-6-7(8(14)15)18-9(13-6)11(2,3)12(4,5)10(16)17/h1-5H3,(H,14,15)(H,16,17). The fourth-order valence-corrected chi connectivity index (χ4v) is 2.56. The molecule has 0 fully saturated rings. The first-order valence-electron chi connectivity index (χ1n) is 5.46. The summed E-state index contributed by atoms with van der Waals surface area (Å²) in [6.07, 6.45) is 0. The summed E-state index contributed by atoms with van der Waals surface area (Å²) < 4.78 is 0. The van der Waals surface area contributed by atoms with Crippen molar-refractivity contribution in [3.63, 3.8) is 0 Å². The summed E-state index contributed by atoms with van der Waals surface area (Å²) in [5.74, 6) is -1.96. The Balaban J connectivity index is 3.33. The number of rotatable bonds is 4. The second kappa shape index (κ2) is 4.35. The van der Waals surface area contributed by atoms with Crippen LogP contribution in [0, 0.1) is 12.3 Å². The van der Waals surface area contributed by atoms with Crippen LogP contribution >= 0.6 is 11.3 Å². The molecule has 2 N–H and O–H groups in total. The van der Waals surface area contributed by atoms with E-state index in [1.165, 1.54) is 0 Å². The highest BCUT2D eigenvalue weighted by Gasteiger charge is 2.46. The van der Waals surface area contributed by atoms with E-state index in [1.54, 1.807) is 34.6 Å². The van der Waals surface area contributed by atoms with Crippen molar-refractivity contribution in [1.29, 1.82) is 0 Å². The number of carboxylic acid groups (broad SMARTS) is 2. The van der Waals surface area contributed by atoms with Crippen LogP contribution in [0.15, 0.2) is 0 Å². The van der Waals surface area contributed by atoms with Gasteiger partial charge in [-0.1, -0.05) is 13.8 Å². The van der Waals surface area contributed by atoms with Crippen LogP contribution in [0.25, 0.3) is 0 Å². The third kappa shape index (κ3) is 2.12. The van der Waals surface area contributed by atoms with Gasteiger partial charge in [0.15, 0.2) is 0 Å². The molecule has 0 saturated heterocycles. The van der Waals surface area contributed by atoms with E-state index in [2.05, 4.69) is 4.98 Å². The predicted octanol–water partition coefficient (Wildman–Crippen LogP) is 2.54. The molecule has 1 heterocycles. The maximum absolute atomic E-state index is 11.3. The van der Waals surface area contributed by atoms with Crippen molar-refractivity contribution in [2.45, 2.75) is 40.0 Å². The molecule has 0 spiro atoms. The minimum absolute atomic E-state index is 0.166. The van der Waals surface area contributed by atoms with E-state index in [0.717, 1.165) is 11.3 Å². The highest BCUT2D eigenvalue weighted by atomic mass is 32.1. The largest absolute Gasteiger partial charge is 0.481 e. The van der Waals surface area contributed by atoms with Crippen molar-refractivity contribution in [2.75, 3.05) is 0 Å². The van der Waals surface area contributed by atoms with Gasteiger partial charge >= 0.3 is 11.9 Å². The van der Waals surface area contributed by atoms with Crippen molar-refractivity contribution in [2.24, 2.45) is 5.41 Å². The van der Waals surface area contributed by atoms with Gasteiger partial charge in [0, 0.05) is 5.41 Å². The average molecular weight is 271 g/mol. The van der Waals surface area contributed by atoms with Crippen LogP contribution < -0.4 is 0 Å². The van der Waals surface area contributed by atoms with E-state index in [9.17, 15) is 14.7 Å². The second-order valence-electron chi connectivity index (χ2n) is 5.29. The predicted molar refractivity (Wildman–Crippen MR) is 68.3 cm³/mol. The van der Waals surface area contributed by atoms with E-state index in [4.69, 9.17) is 5.11 Å². The molecule has 0 atom stereocenters. The molecule has 0 aliphatic carbocycles. The topological polar surface area (TPSA) is 87.5 Å². The zero-order chi connectivity index (χ0) is 14.3. The van der Waals surface area contributed by atoms with Crippen molar-refractivity contribution in [1.82, 2.24) is 4.98 Å². The molecule has 0 radical (unpaired) electrons. The Hall–Kier alpha value is -1.43. The molecule has 18 heavy (non-hydrogen) atoms. The molecule has 0 aliphatic rings. The summed E-state index contributed by atoms with van der Waals surface area (Å²) in [7, 11) is 0. The number of aromatic carboxylic acids is 1. The first-order chi connectivity index (χ1) is 8.01. The van der Waals surface area contributed by atoms with Crippen molar-refractivity contribution >= 4 is 23.3 Å². The number of aryl methyl sites for hydroxylation is 1. The number of carboxylic acids is 2. The highest BCUT2D eigenvalue weighted by molar-refractivity contribution is 7.13. The first-order valence-corrected chi connectivity index (χ1v) is 6.28. The van der Waals surface area contributed by atoms with Crippen LogP contribution in [0.5, 0.6) is 0 Å². The van der Waals surface area contributed by atoms with Crippen LogP contribution in [-0.4, -0.2) is 27.1 Å². The summed E-state index contributed by atoms with van der Waals surface area (Å²) in [5.41, 5.74) is -1.36. The van der Waals surface area contributed by atoms with Gasteiger partial charge in [-0.25, -0.2) is 9.78 Å². The summed E-state index contributed by atoms with van der Waals surface area (Å²) in [5, 5.41) is 18.8. The molecule has 0 saturated carbocycles. The van der Waals surface area contributed by atoms with Gasteiger partial charge in [0.1, 0.15) is 9.88 Å². The van der Waals surface area contributed by atoms with Gasteiger partial charge < -0.3 is 10.2 Å². The van der Waals surface area contributed by atoms with Crippen molar-refractivity contribution in [3.8, 4) is 0 Å². The number of hydrogen-bond acceptors (Lipinski definition) is 4. The fraction of sp³-hybridized carbons (Fsp3) is 0.583. The SMILES string of the molecule is Cc1nc(C(C)(C)C(C)(C)C(=O)O)sc1C(=O)O. The molecular formula is C12H17NO4S. The maximum atomic E-state index is 11.3. The van der Waals surface area contributed by atoms with Gasteiger partial charge in [-0.2, -0.15) is 0 Å². The first kappa shape index (κ1) is 14.6. The molecule has 0 bridgehead atoms. The Morgan fingerprint density at radius 1 is 1.17 bits per heavy atom. The lowest BCUT2D eigenvalue weighted by Crippen LogP contribution is -2.42. The Morgan fingerprint density at radius 3 is 2.00 bits per heavy atom. The lowest BCUT2D eigenvalue weighted by atomic mass is 9.68. The van der Waals surface area contributed by atoms with Crippen LogP contribution in [0.1, 0.15) is 48.1 Å². The van der Waals surface area contributed by atoms with Gasteiger partial charge in [-0.3, -0.25) is 4.79 Å². The minimum Gasteiger partial charge on any atom is -0.481 e. The molecule has 1 rings (SSSR count). The molecule has 1 aromatic heterocycles. The van der Waals surface area contributed by atoms with Gasteiger partial charge in [-0.15, -0.1) is 11.3 Å². The Morgan fingerprint density at radius 2 is 1.67 bits per heavy atom. The summed E-state index contributed by atoms with van der Waals surface area (Å²) in [4.78, 5) is 26.7. The number of nitrogens with zero attached hydrogens (tertiary/aromatic N) is 1. The summed E-state index contributed by atoms with van der Waals surface area (Å²) in [6, 6.07) is 0. The van der Waals surface area contributed by atoms with E-state index in [1.807, 2.05) is 0 Å². The van der Waals surface area contributed by atoms with E-state index in [-0.39, 0.29) is 4.88 Å². The van der Waals surface area contributed by atoms with Crippen LogP contribution in [0.3, 0.4) is 0 Å². The molecular weight excluding hydrogens is 254 g/mol. The quantitative estimate of drug-likeness (QED) is 0.878. The summed E-state index contributed by atoms with van der Waals surface area (Å²) >= 11 is 1.04. The maximum Gasteiger partial charge on any atom is 0.347 e. The molecule has 0 amide bonds. The smallest absolute Gasteiger partial charge is 0.347 e. The third-order valence-electron chi connectivity index (χ3n) is 3.62. The van der Waals surface area contributed by atoms with Crippen molar-refractivity contribution < 1.29 is 19.8 Å². The number of hydrogen-bond donors (Lipinski definition) is 2. The van der Waals surface area contributed by atoms with Gasteiger partial charge in [0.05, 0.1) is 11.1 Å². The van der Waals surface area contributed by atoms with E-state index < -0.39 is 22.8 Å². The van der Waals surface area contributed by atoms with Gasteiger partial charge in [-0.05, 0) is 20.8 Å². The van der Waals surface area contributed by atoms with Gasteiger partial charge in [0.25, 0.3) is 0 Å². The van der Waals surface area contributed by atoms with Crippen LogP contribution in [0.2, 0.25) is 0 Å². The molecule has 6 heteroatoms. The Bertz CT molecular complexity index is 502. The van der Waals surface area contributed by atoms with E-state index >= 15 is 0 Å². The molecule has 0 aliphatic heterocycles. The Kier molecular flexibility index (Phi) is 3.53. The minimum atomic E-state index is -1.03. The normalized spacial score (nSPS) is 12.5.